The average Bonchev–Trinajstić information content (AvgIpc) is 2.42. The second kappa shape index (κ2) is 7.56. The number of sulfonamides is 1. The number of amides is 1. The molecule has 0 heterocycles. The molecule has 21 heavy (non-hydrogen) atoms. The number of carbonyl (C=O) groups is 1. The van der Waals surface area contributed by atoms with E-state index < -0.39 is 10.0 Å². The van der Waals surface area contributed by atoms with Gasteiger partial charge in [0, 0.05) is 18.7 Å². The summed E-state index contributed by atoms with van der Waals surface area (Å²) in [7, 11) is -3.56. The molecule has 118 valence electrons. The molecule has 0 unspecified atom stereocenters. The van der Waals surface area contributed by atoms with Crippen LogP contribution in [0.4, 0.5) is 0 Å². The lowest BCUT2D eigenvalue weighted by atomic mass is 10.1. The van der Waals surface area contributed by atoms with Crippen LogP contribution in [0, 0.1) is 12.8 Å². The summed E-state index contributed by atoms with van der Waals surface area (Å²) in [5.41, 5.74) is 1.15. The van der Waals surface area contributed by atoms with E-state index in [1.807, 2.05) is 20.8 Å². The van der Waals surface area contributed by atoms with Crippen molar-refractivity contribution in [3.8, 4) is 0 Å². The summed E-state index contributed by atoms with van der Waals surface area (Å²) >= 11 is 0. The Morgan fingerprint density at radius 1 is 1.29 bits per heavy atom. The molecular formula is C15H24N2O3S. The summed E-state index contributed by atoms with van der Waals surface area (Å²) in [6.45, 7) is 8.63. The molecule has 1 rings (SSSR count). The second-order valence-electron chi connectivity index (χ2n) is 5.48. The van der Waals surface area contributed by atoms with Gasteiger partial charge in [0.25, 0.3) is 5.91 Å². The molecule has 1 aromatic carbocycles. The summed E-state index contributed by atoms with van der Waals surface area (Å²) in [6.07, 6.45) is 0.715. The first-order valence-electron chi connectivity index (χ1n) is 7.16. The van der Waals surface area contributed by atoms with Crippen molar-refractivity contribution in [2.24, 2.45) is 5.92 Å². The molecule has 0 fully saturated rings. The Kier molecular flexibility index (Phi) is 6.36. The van der Waals surface area contributed by atoms with Crippen molar-refractivity contribution < 1.29 is 13.2 Å². The molecule has 1 amide bonds. The third-order valence-corrected chi connectivity index (χ3v) is 4.44. The van der Waals surface area contributed by atoms with Crippen molar-refractivity contribution >= 4 is 15.9 Å². The predicted octanol–water partition coefficient (Wildman–Crippen LogP) is 2.07. The predicted molar refractivity (Wildman–Crippen MR) is 83.8 cm³/mol. The van der Waals surface area contributed by atoms with E-state index in [2.05, 4.69) is 10.0 Å². The van der Waals surface area contributed by atoms with Gasteiger partial charge >= 0.3 is 0 Å². The molecule has 0 saturated heterocycles. The third kappa shape index (κ3) is 5.13. The SMILES string of the molecule is CCCNS(=O)(=O)c1ccc(C)c(C(=O)NCC(C)C)c1. The van der Waals surface area contributed by atoms with Gasteiger partial charge in [-0.05, 0) is 37.0 Å². The fraction of sp³-hybridized carbons (Fsp3) is 0.533. The Hall–Kier alpha value is -1.40. The van der Waals surface area contributed by atoms with Crippen LogP contribution < -0.4 is 10.0 Å². The van der Waals surface area contributed by atoms with E-state index in [4.69, 9.17) is 0 Å². The van der Waals surface area contributed by atoms with Gasteiger partial charge in [-0.3, -0.25) is 4.79 Å². The Bertz CT molecular complexity index is 595. The summed E-state index contributed by atoms with van der Waals surface area (Å²) in [5.74, 6) is 0.0983. The minimum Gasteiger partial charge on any atom is -0.352 e. The van der Waals surface area contributed by atoms with Gasteiger partial charge in [0.05, 0.1) is 4.90 Å². The van der Waals surface area contributed by atoms with E-state index >= 15 is 0 Å². The number of benzene rings is 1. The maximum absolute atomic E-state index is 12.1. The lowest BCUT2D eigenvalue weighted by Gasteiger charge is -2.12. The van der Waals surface area contributed by atoms with Gasteiger partial charge in [-0.25, -0.2) is 13.1 Å². The number of hydrogen-bond donors (Lipinski definition) is 2. The van der Waals surface area contributed by atoms with Gasteiger partial charge in [-0.15, -0.1) is 0 Å². The van der Waals surface area contributed by atoms with E-state index in [1.165, 1.54) is 12.1 Å². The molecule has 0 spiro atoms. The van der Waals surface area contributed by atoms with Gasteiger partial charge in [0.15, 0.2) is 0 Å². The van der Waals surface area contributed by atoms with Crippen LogP contribution in [0.2, 0.25) is 0 Å². The van der Waals surface area contributed by atoms with Crippen LogP contribution in [0.5, 0.6) is 0 Å². The first-order valence-corrected chi connectivity index (χ1v) is 8.64. The van der Waals surface area contributed by atoms with E-state index in [9.17, 15) is 13.2 Å². The maximum atomic E-state index is 12.1. The molecule has 6 heteroatoms. The maximum Gasteiger partial charge on any atom is 0.251 e. The fourth-order valence-electron chi connectivity index (χ4n) is 1.72. The summed E-state index contributed by atoms with van der Waals surface area (Å²) < 4.78 is 26.7. The molecule has 0 aliphatic carbocycles. The molecule has 0 aromatic heterocycles. The molecule has 0 bridgehead atoms. The lowest BCUT2D eigenvalue weighted by Crippen LogP contribution is -2.29. The normalized spacial score (nSPS) is 11.7. The van der Waals surface area contributed by atoms with Gasteiger partial charge in [-0.2, -0.15) is 0 Å². The van der Waals surface area contributed by atoms with Crippen molar-refractivity contribution in [3.05, 3.63) is 29.3 Å². The summed E-state index contributed by atoms with van der Waals surface area (Å²) in [4.78, 5) is 12.3. The highest BCUT2D eigenvalue weighted by atomic mass is 32.2. The number of rotatable bonds is 7. The van der Waals surface area contributed by atoms with Crippen molar-refractivity contribution in [2.45, 2.75) is 39.0 Å². The molecule has 0 saturated carbocycles. The highest BCUT2D eigenvalue weighted by molar-refractivity contribution is 7.89. The van der Waals surface area contributed by atoms with Gasteiger partial charge in [-0.1, -0.05) is 26.8 Å². The quantitative estimate of drug-likeness (QED) is 0.809. The van der Waals surface area contributed by atoms with Crippen molar-refractivity contribution in [1.29, 1.82) is 0 Å². The first kappa shape index (κ1) is 17.7. The molecule has 0 atom stereocenters. The molecule has 0 aliphatic heterocycles. The van der Waals surface area contributed by atoms with Crippen LogP contribution >= 0.6 is 0 Å². The lowest BCUT2D eigenvalue weighted by molar-refractivity contribution is 0.0948. The summed E-state index contributed by atoms with van der Waals surface area (Å²) in [5, 5.41) is 2.81. The Morgan fingerprint density at radius 2 is 1.95 bits per heavy atom. The molecule has 1 aromatic rings. The van der Waals surface area contributed by atoms with Gasteiger partial charge < -0.3 is 5.32 Å². The van der Waals surface area contributed by atoms with E-state index in [0.29, 0.717) is 31.0 Å². The van der Waals surface area contributed by atoms with Crippen molar-refractivity contribution in [3.63, 3.8) is 0 Å². The molecule has 0 radical (unpaired) electrons. The second-order valence-corrected chi connectivity index (χ2v) is 7.25. The third-order valence-electron chi connectivity index (χ3n) is 2.98. The zero-order chi connectivity index (χ0) is 16.0. The number of nitrogens with one attached hydrogen (secondary N) is 2. The van der Waals surface area contributed by atoms with Crippen molar-refractivity contribution in [1.82, 2.24) is 10.0 Å². The smallest absolute Gasteiger partial charge is 0.251 e. The van der Waals surface area contributed by atoms with Gasteiger partial charge in [0.1, 0.15) is 0 Å². The molecular weight excluding hydrogens is 288 g/mol. The summed E-state index contributed by atoms with van der Waals surface area (Å²) in [6, 6.07) is 4.61. The highest BCUT2D eigenvalue weighted by Crippen LogP contribution is 2.15. The average molecular weight is 312 g/mol. The van der Waals surface area contributed by atoms with E-state index in [1.54, 1.807) is 13.0 Å². The van der Waals surface area contributed by atoms with Crippen LogP contribution in [0.25, 0.3) is 0 Å². The zero-order valence-electron chi connectivity index (χ0n) is 13.1. The van der Waals surface area contributed by atoms with E-state index in [0.717, 1.165) is 5.56 Å². The van der Waals surface area contributed by atoms with Crippen LogP contribution in [0.1, 0.15) is 43.1 Å². The van der Waals surface area contributed by atoms with Crippen LogP contribution in [0.3, 0.4) is 0 Å². The number of aryl methyl sites for hydroxylation is 1. The van der Waals surface area contributed by atoms with Crippen molar-refractivity contribution in [2.75, 3.05) is 13.1 Å². The van der Waals surface area contributed by atoms with Crippen LogP contribution in [-0.2, 0) is 10.0 Å². The number of hydrogen-bond acceptors (Lipinski definition) is 3. The molecule has 0 aliphatic rings. The number of carbonyl (C=O) groups excluding carboxylic acids is 1. The first-order chi connectivity index (χ1) is 9.77. The molecule has 5 nitrogen and oxygen atoms in total. The standard InChI is InChI=1S/C15H24N2O3S/c1-5-8-17-21(19,20)13-7-6-12(4)14(9-13)15(18)16-10-11(2)3/h6-7,9,11,17H,5,8,10H2,1-4H3,(H,16,18). The highest BCUT2D eigenvalue weighted by Gasteiger charge is 2.17. The fourth-order valence-corrected chi connectivity index (χ4v) is 2.88. The van der Waals surface area contributed by atoms with E-state index in [-0.39, 0.29) is 10.8 Å². The minimum atomic E-state index is -3.56. The Balaban J connectivity index is 3.02. The monoisotopic (exact) mass is 312 g/mol. The van der Waals surface area contributed by atoms with Crippen LogP contribution in [-0.4, -0.2) is 27.4 Å². The van der Waals surface area contributed by atoms with Crippen LogP contribution in [0.15, 0.2) is 23.1 Å². The largest absolute Gasteiger partial charge is 0.352 e. The molecule has 2 N–H and O–H groups in total. The van der Waals surface area contributed by atoms with Gasteiger partial charge in [0.2, 0.25) is 10.0 Å². The zero-order valence-corrected chi connectivity index (χ0v) is 13.9. The Morgan fingerprint density at radius 3 is 2.52 bits per heavy atom. The Labute approximate surface area is 127 Å². The minimum absolute atomic E-state index is 0.122. The topological polar surface area (TPSA) is 75.3 Å².